The normalized spacial score (nSPS) is 11.8. The lowest BCUT2D eigenvalue weighted by atomic mass is 10.0. The molecule has 1 N–H and O–H groups in total. The summed E-state index contributed by atoms with van der Waals surface area (Å²) in [6.07, 6.45) is -3.13. The number of carbonyl (C=O) groups is 1. The van der Waals surface area contributed by atoms with Crippen LogP contribution in [0.15, 0.2) is 48.5 Å². The lowest BCUT2D eigenvalue weighted by molar-refractivity contribution is -0.137. The number of hydrogen-bond donors (Lipinski definition) is 1. The molecule has 0 heterocycles. The number of carboxylic acid groups (broad SMARTS) is 1. The summed E-state index contributed by atoms with van der Waals surface area (Å²) in [4.78, 5) is 10.8. The number of halogens is 3. The number of aromatic carboxylic acids is 1. The Morgan fingerprint density at radius 3 is 2.22 bits per heavy atom. The van der Waals surface area contributed by atoms with Gasteiger partial charge in [0.25, 0.3) is 0 Å². The van der Waals surface area contributed by atoms with Crippen LogP contribution >= 0.6 is 0 Å². The lowest BCUT2D eigenvalue weighted by Crippen LogP contribution is -2.04. The van der Waals surface area contributed by atoms with Crippen molar-refractivity contribution in [2.45, 2.75) is 6.18 Å². The first-order valence-electron chi connectivity index (χ1n) is 6.44. The van der Waals surface area contributed by atoms with Crippen molar-refractivity contribution in [1.29, 1.82) is 5.26 Å². The molecule has 0 aliphatic heterocycles. The summed E-state index contributed by atoms with van der Waals surface area (Å²) in [6, 6.07) is 12.1. The van der Waals surface area contributed by atoms with E-state index in [1.807, 2.05) is 6.07 Å². The molecule has 116 valence electrons. The Morgan fingerprint density at radius 1 is 1.09 bits per heavy atom. The van der Waals surface area contributed by atoms with E-state index in [-0.39, 0.29) is 16.7 Å². The predicted molar refractivity (Wildman–Crippen MR) is 78.3 cm³/mol. The zero-order valence-electron chi connectivity index (χ0n) is 11.6. The van der Waals surface area contributed by atoms with Crippen LogP contribution in [0.5, 0.6) is 0 Å². The predicted octanol–water partition coefficient (Wildman–Crippen LogP) is 4.47. The second-order valence-electron chi connectivity index (χ2n) is 4.68. The summed E-state index contributed by atoms with van der Waals surface area (Å²) >= 11 is 0. The van der Waals surface area contributed by atoms with Crippen LogP contribution in [-0.4, -0.2) is 11.1 Å². The summed E-state index contributed by atoms with van der Waals surface area (Å²) in [6.45, 7) is 0. The maximum Gasteiger partial charge on any atom is 0.416 e. The third-order valence-electron chi connectivity index (χ3n) is 3.09. The van der Waals surface area contributed by atoms with Crippen molar-refractivity contribution in [3.8, 4) is 6.07 Å². The van der Waals surface area contributed by atoms with Gasteiger partial charge in [-0.05, 0) is 41.5 Å². The van der Waals surface area contributed by atoms with E-state index in [0.717, 1.165) is 12.1 Å². The van der Waals surface area contributed by atoms with E-state index < -0.39 is 17.7 Å². The Kier molecular flexibility index (Phi) is 4.51. The third-order valence-corrected chi connectivity index (χ3v) is 3.09. The molecule has 0 amide bonds. The third kappa shape index (κ3) is 3.98. The summed E-state index contributed by atoms with van der Waals surface area (Å²) in [5.74, 6) is -1.10. The summed E-state index contributed by atoms with van der Waals surface area (Å²) in [5, 5.41) is 18.0. The lowest BCUT2D eigenvalue weighted by Gasteiger charge is -2.07. The molecule has 0 saturated carbocycles. The van der Waals surface area contributed by atoms with Crippen molar-refractivity contribution in [2.24, 2.45) is 0 Å². The highest BCUT2D eigenvalue weighted by Gasteiger charge is 2.30. The van der Waals surface area contributed by atoms with Crippen molar-refractivity contribution in [2.75, 3.05) is 0 Å². The first kappa shape index (κ1) is 16.3. The zero-order valence-corrected chi connectivity index (χ0v) is 11.6. The minimum Gasteiger partial charge on any atom is -0.478 e. The topological polar surface area (TPSA) is 61.1 Å². The Balaban J connectivity index is 2.39. The standard InChI is InChI=1S/C17H10F3NO2/c18-17(19,20)15-3-1-2-11(9-15)8-14(10-21)12-4-6-13(7-5-12)16(22)23/h1-9H,(H,22,23). The first-order chi connectivity index (χ1) is 10.8. The largest absolute Gasteiger partial charge is 0.478 e. The molecule has 2 aromatic carbocycles. The van der Waals surface area contributed by atoms with Gasteiger partial charge in [0.2, 0.25) is 0 Å². The van der Waals surface area contributed by atoms with Gasteiger partial charge in [-0.2, -0.15) is 18.4 Å². The smallest absolute Gasteiger partial charge is 0.416 e. The molecule has 0 bridgehead atoms. The van der Waals surface area contributed by atoms with E-state index in [1.54, 1.807) is 0 Å². The zero-order chi connectivity index (χ0) is 17.0. The SMILES string of the molecule is N#CC(=Cc1cccc(C(F)(F)F)c1)c1ccc(C(=O)O)cc1. The van der Waals surface area contributed by atoms with E-state index in [0.29, 0.717) is 5.56 Å². The van der Waals surface area contributed by atoms with Gasteiger partial charge in [-0.1, -0.05) is 24.3 Å². The molecule has 2 rings (SSSR count). The highest BCUT2D eigenvalue weighted by Crippen LogP contribution is 2.30. The molecular weight excluding hydrogens is 307 g/mol. The maximum atomic E-state index is 12.7. The summed E-state index contributed by atoms with van der Waals surface area (Å²) < 4.78 is 38.1. The Labute approximate surface area is 129 Å². The second kappa shape index (κ2) is 6.36. The number of hydrogen-bond acceptors (Lipinski definition) is 2. The van der Waals surface area contributed by atoms with Crippen LogP contribution < -0.4 is 0 Å². The molecule has 0 saturated heterocycles. The maximum absolute atomic E-state index is 12.7. The van der Waals surface area contributed by atoms with Gasteiger partial charge in [-0.25, -0.2) is 4.79 Å². The van der Waals surface area contributed by atoms with Crippen LogP contribution in [0.1, 0.15) is 27.0 Å². The van der Waals surface area contributed by atoms with Crippen LogP contribution in [-0.2, 0) is 6.18 Å². The minimum absolute atomic E-state index is 0.0603. The van der Waals surface area contributed by atoms with Crippen LogP contribution in [0.2, 0.25) is 0 Å². The number of alkyl halides is 3. The Bertz CT molecular complexity index is 800. The monoisotopic (exact) mass is 317 g/mol. The van der Waals surface area contributed by atoms with E-state index in [1.165, 1.54) is 42.5 Å². The van der Waals surface area contributed by atoms with Crippen molar-refractivity contribution in [3.05, 3.63) is 70.8 Å². The van der Waals surface area contributed by atoms with Crippen molar-refractivity contribution < 1.29 is 23.1 Å². The molecule has 0 aromatic heterocycles. The fourth-order valence-electron chi connectivity index (χ4n) is 1.94. The number of nitriles is 1. The molecule has 0 atom stereocenters. The van der Waals surface area contributed by atoms with Crippen LogP contribution in [0.25, 0.3) is 11.6 Å². The average Bonchev–Trinajstić information content (AvgIpc) is 2.52. The minimum atomic E-state index is -4.46. The number of rotatable bonds is 3. The fourth-order valence-corrected chi connectivity index (χ4v) is 1.94. The molecule has 0 aliphatic carbocycles. The van der Waals surface area contributed by atoms with Crippen LogP contribution in [0.4, 0.5) is 13.2 Å². The fraction of sp³-hybridized carbons (Fsp3) is 0.0588. The van der Waals surface area contributed by atoms with Gasteiger partial charge < -0.3 is 5.11 Å². The Morgan fingerprint density at radius 2 is 1.70 bits per heavy atom. The quantitative estimate of drug-likeness (QED) is 0.671. The van der Waals surface area contributed by atoms with Crippen molar-refractivity contribution in [3.63, 3.8) is 0 Å². The van der Waals surface area contributed by atoms with E-state index in [2.05, 4.69) is 0 Å². The molecular formula is C17H10F3NO2. The highest BCUT2D eigenvalue weighted by atomic mass is 19.4. The van der Waals surface area contributed by atoms with Gasteiger partial charge in [0.05, 0.1) is 22.8 Å². The van der Waals surface area contributed by atoms with Crippen LogP contribution in [0, 0.1) is 11.3 Å². The molecule has 2 aromatic rings. The van der Waals surface area contributed by atoms with Gasteiger partial charge in [-0.3, -0.25) is 0 Å². The molecule has 6 heteroatoms. The Hall–Kier alpha value is -3.07. The molecule has 0 fully saturated rings. The number of nitrogens with zero attached hydrogens (tertiary/aromatic N) is 1. The number of benzene rings is 2. The van der Waals surface area contributed by atoms with Crippen LogP contribution in [0.3, 0.4) is 0 Å². The average molecular weight is 317 g/mol. The van der Waals surface area contributed by atoms with Crippen molar-refractivity contribution >= 4 is 17.6 Å². The summed E-state index contributed by atoms with van der Waals surface area (Å²) in [7, 11) is 0. The highest BCUT2D eigenvalue weighted by molar-refractivity contribution is 5.92. The number of carboxylic acids is 1. The second-order valence-corrected chi connectivity index (χ2v) is 4.68. The van der Waals surface area contributed by atoms with E-state index in [9.17, 15) is 23.2 Å². The van der Waals surface area contributed by atoms with Gasteiger partial charge >= 0.3 is 12.1 Å². The van der Waals surface area contributed by atoms with Gasteiger partial charge in [0.1, 0.15) is 0 Å². The number of allylic oxidation sites excluding steroid dienone is 1. The molecule has 0 unspecified atom stereocenters. The van der Waals surface area contributed by atoms with E-state index in [4.69, 9.17) is 5.11 Å². The van der Waals surface area contributed by atoms with Gasteiger partial charge in [0.15, 0.2) is 0 Å². The van der Waals surface area contributed by atoms with Crippen molar-refractivity contribution in [1.82, 2.24) is 0 Å². The summed E-state index contributed by atoms with van der Waals surface area (Å²) in [5.41, 5.74) is 0.0599. The van der Waals surface area contributed by atoms with Gasteiger partial charge in [0, 0.05) is 0 Å². The first-order valence-corrected chi connectivity index (χ1v) is 6.44. The van der Waals surface area contributed by atoms with Gasteiger partial charge in [-0.15, -0.1) is 0 Å². The molecule has 3 nitrogen and oxygen atoms in total. The molecule has 0 aliphatic rings. The van der Waals surface area contributed by atoms with E-state index >= 15 is 0 Å². The molecule has 0 spiro atoms. The molecule has 0 radical (unpaired) electrons. The molecule has 23 heavy (non-hydrogen) atoms.